The van der Waals surface area contributed by atoms with Crippen LogP contribution in [0.3, 0.4) is 0 Å². The molecule has 0 radical (unpaired) electrons. The second-order valence-corrected chi connectivity index (χ2v) is 6.43. The van der Waals surface area contributed by atoms with Gasteiger partial charge in [0.1, 0.15) is 23.0 Å². The van der Waals surface area contributed by atoms with Crippen molar-refractivity contribution in [1.29, 1.82) is 0 Å². The molecule has 0 saturated carbocycles. The van der Waals surface area contributed by atoms with Crippen molar-refractivity contribution in [1.82, 2.24) is 0 Å². The van der Waals surface area contributed by atoms with Gasteiger partial charge in [-0.25, -0.2) is 0 Å². The summed E-state index contributed by atoms with van der Waals surface area (Å²) in [6.45, 7) is 2.11. The lowest BCUT2D eigenvalue weighted by Crippen LogP contribution is -1.87. The molecular weight excluding hydrogens is 336 g/mol. The van der Waals surface area contributed by atoms with E-state index in [0.29, 0.717) is 0 Å². The molecule has 4 rings (SSSR count). The Morgan fingerprint density at radius 2 is 1.15 bits per heavy atom. The average Bonchev–Trinajstić information content (AvgIpc) is 3.09. The molecule has 3 heteroatoms. The minimum Gasteiger partial charge on any atom is -0.508 e. The second-order valence-electron chi connectivity index (χ2n) is 6.43. The number of benzene rings is 3. The Morgan fingerprint density at radius 1 is 0.630 bits per heavy atom. The molecule has 4 aromatic rings. The summed E-state index contributed by atoms with van der Waals surface area (Å²) < 4.78 is 6.39. The SMILES string of the molecule is CCc1c(-c2ccccc2)oc(-c2ccc(O)cc2)c1-c1ccc(O)cc1. The summed E-state index contributed by atoms with van der Waals surface area (Å²) in [5, 5.41) is 19.3. The standard InChI is InChI=1S/C24H20O3/c1-2-21-22(16-8-12-19(25)13-9-16)24(18-10-14-20(26)15-11-18)27-23(21)17-6-4-3-5-7-17/h3-15,25-26H,2H2,1H3. The van der Waals surface area contributed by atoms with Gasteiger partial charge in [0.15, 0.2) is 0 Å². The summed E-state index contributed by atoms with van der Waals surface area (Å²) in [4.78, 5) is 0. The molecule has 0 bridgehead atoms. The van der Waals surface area contributed by atoms with Crippen LogP contribution in [0.4, 0.5) is 0 Å². The van der Waals surface area contributed by atoms with Crippen molar-refractivity contribution in [2.24, 2.45) is 0 Å². The maximum atomic E-state index is 9.68. The van der Waals surface area contributed by atoms with Crippen molar-refractivity contribution in [3.05, 3.63) is 84.4 Å². The highest BCUT2D eigenvalue weighted by molar-refractivity contribution is 5.87. The molecule has 3 aromatic carbocycles. The van der Waals surface area contributed by atoms with Crippen molar-refractivity contribution in [2.75, 3.05) is 0 Å². The molecule has 0 fully saturated rings. The van der Waals surface area contributed by atoms with Gasteiger partial charge >= 0.3 is 0 Å². The molecule has 0 atom stereocenters. The Labute approximate surface area is 158 Å². The van der Waals surface area contributed by atoms with Crippen LogP contribution in [0.2, 0.25) is 0 Å². The van der Waals surface area contributed by atoms with Crippen molar-refractivity contribution in [2.45, 2.75) is 13.3 Å². The van der Waals surface area contributed by atoms with Crippen molar-refractivity contribution in [3.8, 4) is 45.3 Å². The lowest BCUT2D eigenvalue weighted by atomic mass is 9.94. The third kappa shape index (κ3) is 3.20. The zero-order valence-electron chi connectivity index (χ0n) is 15.0. The predicted octanol–water partition coefficient (Wildman–Crippen LogP) is 6.25. The largest absolute Gasteiger partial charge is 0.508 e. The van der Waals surface area contributed by atoms with Crippen LogP contribution >= 0.6 is 0 Å². The van der Waals surface area contributed by atoms with E-state index in [1.165, 1.54) is 0 Å². The molecule has 0 amide bonds. The normalized spacial score (nSPS) is 10.9. The van der Waals surface area contributed by atoms with Gasteiger partial charge in [-0.05, 0) is 48.4 Å². The number of aromatic hydroxyl groups is 2. The predicted molar refractivity (Wildman–Crippen MR) is 108 cm³/mol. The molecule has 27 heavy (non-hydrogen) atoms. The minimum atomic E-state index is 0.218. The van der Waals surface area contributed by atoms with Gasteiger partial charge in [-0.3, -0.25) is 0 Å². The zero-order valence-corrected chi connectivity index (χ0v) is 15.0. The van der Waals surface area contributed by atoms with Crippen LogP contribution in [0, 0.1) is 0 Å². The highest BCUT2D eigenvalue weighted by atomic mass is 16.3. The number of hydrogen-bond donors (Lipinski definition) is 2. The molecule has 0 aliphatic heterocycles. The highest BCUT2D eigenvalue weighted by Crippen LogP contribution is 2.43. The van der Waals surface area contributed by atoms with Crippen molar-refractivity contribution in [3.63, 3.8) is 0 Å². The average molecular weight is 356 g/mol. The Kier molecular flexibility index (Phi) is 4.43. The van der Waals surface area contributed by atoms with Gasteiger partial charge in [-0.2, -0.15) is 0 Å². The van der Waals surface area contributed by atoms with Crippen molar-refractivity contribution >= 4 is 0 Å². The quantitative estimate of drug-likeness (QED) is 0.454. The van der Waals surface area contributed by atoms with E-state index in [9.17, 15) is 10.2 Å². The van der Waals surface area contributed by atoms with E-state index in [2.05, 4.69) is 6.92 Å². The minimum absolute atomic E-state index is 0.218. The van der Waals surface area contributed by atoms with Crippen LogP contribution in [-0.4, -0.2) is 10.2 Å². The summed E-state index contributed by atoms with van der Waals surface area (Å²) in [6.07, 6.45) is 0.808. The van der Waals surface area contributed by atoms with Gasteiger partial charge in [0.2, 0.25) is 0 Å². The number of rotatable bonds is 4. The maximum absolute atomic E-state index is 9.68. The molecule has 0 aliphatic rings. The van der Waals surface area contributed by atoms with Crippen molar-refractivity contribution < 1.29 is 14.6 Å². The Balaban J connectivity index is 2.00. The summed E-state index contributed by atoms with van der Waals surface area (Å²) >= 11 is 0. The topological polar surface area (TPSA) is 53.6 Å². The summed E-state index contributed by atoms with van der Waals surface area (Å²) in [6, 6.07) is 24.3. The van der Waals surface area contributed by atoms with Crippen LogP contribution in [0.15, 0.2) is 83.3 Å². The first kappa shape index (κ1) is 17.0. The molecule has 3 nitrogen and oxygen atoms in total. The van der Waals surface area contributed by atoms with Crippen LogP contribution < -0.4 is 0 Å². The Bertz CT molecular complexity index is 1040. The van der Waals surface area contributed by atoms with Crippen LogP contribution in [0.25, 0.3) is 33.8 Å². The summed E-state index contributed by atoms with van der Waals surface area (Å²) in [7, 11) is 0. The molecule has 0 unspecified atom stereocenters. The first-order chi connectivity index (χ1) is 13.2. The fraction of sp³-hybridized carbons (Fsp3) is 0.0833. The van der Waals surface area contributed by atoms with E-state index >= 15 is 0 Å². The molecule has 2 N–H and O–H groups in total. The fourth-order valence-electron chi connectivity index (χ4n) is 3.37. The van der Waals surface area contributed by atoms with Gasteiger partial charge < -0.3 is 14.6 Å². The Morgan fingerprint density at radius 3 is 1.70 bits per heavy atom. The second kappa shape index (κ2) is 7.04. The van der Waals surface area contributed by atoms with Crippen LogP contribution in [0.1, 0.15) is 12.5 Å². The highest BCUT2D eigenvalue weighted by Gasteiger charge is 2.22. The van der Waals surface area contributed by atoms with Gasteiger partial charge in [0.25, 0.3) is 0 Å². The van der Waals surface area contributed by atoms with Crippen LogP contribution in [0.5, 0.6) is 11.5 Å². The number of furan rings is 1. The van der Waals surface area contributed by atoms with Gasteiger partial charge in [0.05, 0.1) is 0 Å². The summed E-state index contributed by atoms with van der Waals surface area (Å²) in [5.74, 6) is 2.06. The Hall–Kier alpha value is -3.46. The molecule has 1 heterocycles. The molecule has 134 valence electrons. The van der Waals surface area contributed by atoms with Gasteiger partial charge in [0, 0.05) is 22.3 Å². The maximum Gasteiger partial charge on any atom is 0.142 e. The van der Waals surface area contributed by atoms with E-state index in [1.54, 1.807) is 24.3 Å². The third-order valence-electron chi connectivity index (χ3n) is 4.68. The smallest absolute Gasteiger partial charge is 0.142 e. The molecule has 1 aromatic heterocycles. The van der Waals surface area contributed by atoms with E-state index in [0.717, 1.165) is 45.8 Å². The zero-order chi connectivity index (χ0) is 18.8. The van der Waals surface area contributed by atoms with E-state index in [1.807, 2.05) is 54.6 Å². The van der Waals surface area contributed by atoms with Gasteiger partial charge in [-0.15, -0.1) is 0 Å². The number of phenols is 2. The first-order valence-electron chi connectivity index (χ1n) is 8.97. The lowest BCUT2D eigenvalue weighted by molar-refractivity contribution is 0.474. The molecule has 0 saturated heterocycles. The molecular formula is C24H20O3. The van der Waals surface area contributed by atoms with E-state index < -0.39 is 0 Å². The lowest BCUT2D eigenvalue weighted by Gasteiger charge is -2.06. The molecule has 0 aliphatic carbocycles. The van der Waals surface area contributed by atoms with E-state index in [4.69, 9.17) is 4.42 Å². The number of phenolic OH excluding ortho intramolecular Hbond substituents is 2. The molecule has 0 spiro atoms. The third-order valence-corrected chi connectivity index (χ3v) is 4.68. The van der Waals surface area contributed by atoms with Gasteiger partial charge in [-0.1, -0.05) is 49.4 Å². The summed E-state index contributed by atoms with van der Waals surface area (Å²) in [5.41, 5.74) is 5.04. The first-order valence-corrected chi connectivity index (χ1v) is 8.97. The monoisotopic (exact) mass is 356 g/mol. The fourth-order valence-corrected chi connectivity index (χ4v) is 3.37. The van der Waals surface area contributed by atoms with Crippen LogP contribution in [-0.2, 0) is 6.42 Å². The van der Waals surface area contributed by atoms with E-state index in [-0.39, 0.29) is 11.5 Å². The number of hydrogen-bond acceptors (Lipinski definition) is 3.